The van der Waals surface area contributed by atoms with Crippen LogP contribution in [0.3, 0.4) is 0 Å². The number of H-pyrrole nitrogens is 1. The largest absolute Gasteiger partial charge is 0.497 e. The van der Waals surface area contributed by atoms with E-state index in [0.717, 1.165) is 33.9 Å². The Balaban J connectivity index is 1.90. The highest BCUT2D eigenvalue weighted by Crippen LogP contribution is 2.45. The van der Waals surface area contributed by atoms with Crippen LogP contribution in [-0.2, 0) is 4.79 Å². The van der Waals surface area contributed by atoms with E-state index >= 15 is 0 Å². The van der Waals surface area contributed by atoms with Gasteiger partial charge in [-0.3, -0.25) is 9.89 Å². The first-order valence-electron chi connectivity index (χ1n) is 8.36. The van der Waals surface area contributed by atoms with Crippen LogP contribution in [-0.4, -0.2) is 30.3 Å². The number of amides is 1. The van der Waals surface area contributed by atoms with Gasteiger partial charge in [0.1, 0.15) is 11.5 Å². The molecule has 1 aliphatic heterocycles. The quantitative estimate of drug-likeness (QED) is 0.755. The molecule has 0 unspecified atom stereocenters. The highest BCUT2D eigenvalue weighted by atomic mass is 16.5. The molecule has 1 aromatic heterocycles. The Labute approximate surface area is 151 Å². The summed E-state index contributed by atoms with van der Waals surface area (Å²) in [5.41, 5.74) is 3.78. The standard InChI is InChI=1S/C20H19N3O3/c1-25-13-8-9-16(26-2)14(10-13)15-11-17(24)21-20-18(15)19(22-23-20)12-6-4-3-5-7-12/h3-10,15H,11H2,1-2H3,(H2,21,22,23,24)/t15-/m1/s1. The van der Waals surface area contributed by atoms with Crippen molar-refractivity contribution in [2.45, 2.75) is 12.3 Å². The van der Waals surface area contributed by atoms with Crippen molar-refractivity contribution in [3.63, 3.8) is 0 Å². The van der Waals surface area contributed by atoms with Gasteiger partial charge in [0.05, 0.1) is 19.9 Å². The number of carbonyl (C=O) groups excluding carboxylic acids is 1. The highest BCUT2D eigenvalue weighted by Gasteiger charge is 2.33. The molecule has 0 radical (unpaired) electrons. The SMILES string of the molecule is COc1ccc(OC)c([C@H]2CC(=O)Nc3n[nH]c(-c4ccccc4)c32)c1. The molecule has 132 valence electrons. The molecule has 6 nitrogen and oxygen atoms in total. The van der Waals surface area contributed by atoms with Crippen molar-refractivity contribution in [3.05, 3.63) is 59.7 Å². The maximum Gasteiger partial charge on any atom is 0.226 e. The lowest BCUT2D eigenvalue weighted by Gasteiger charge is -2.25. The van der Waals surface area contributed by atoms with E-state index in [4.69, 9.17) is 9.47 Å². The smallest absolute Gasteiger partial charge is 0.226 e. The number of anilines is 1. The maximum absolute atomic E-state index is 12.3. The van der Waals surface area contributed by atoms with Crippen LogP contribution >= 0.6 is 0 Å². The number of hydrogen-bond acceptors (Lipinski definition) is 4. The monoisotopic (exact) mass is 349 g/mol. The Kier molecular flexibility index (Phi) is 4.08. The molecule has 2 heterocycles. The number of nitrogens with one attached hydrogen (secondary N) is 2. The predicted molar refractivity (Wildman–Crippen MR) is 98.7 cm³/mol. The van der Waals surface area contributed by atoms with Crippen molar-refractivity contribution < 1.29 is 14.3 Å². The molecule has 6 heteroatoms. The Hall–Kier alpha value is -3.28. The zero-order chi connectivity index (χ0) is 18.1. The van der Waals surface area contributed by atoms with Crippen molar-refractivity contribution in [2.75, 3.05) is 19.5 Å². The first-order chi connectivity index (χ1) is 12.7. The molecular formula is C20H19N3O3. The van der Waals surface area contributed by atoms with Crippen molar-refractivity contribution in [1.82, 2.24) is 10.2 Å². The molecule has 0 aliphatic carbocycles. The lowest BCUT2D eigenvalue weighted by atomic mass is 9.84. The molecule has 0 fully saturated rings. The van der Waals surface area contributed by atoms with Gasteiger partial charge in [0.25, 0.3) is 0 Å². The van der Waals surface area contributed by atoms with E-state index in [1.165, 1.54) is 0 Å². The van der Waals surface area contributed by atoms with Gasteiger partial charge in [-0.25, -0.2) is 0 Å². The first kappa shape index (κ1) is 16.2. The molecular weight excluding hydrogens is 330 g/mol. The van der Waals surface area contributed by atoms with Gasteiger partial charge in [-0.1, -0.05) is 30.3 Å². The molecule has 0 spiro atoms. The fourth-order valence-electron chi connectivity index (χ4n) is 3.46. The summed E-state index contributed by atoms with van der Waals surface area (Å²) in [6.45, 7) is 0. The van der Waals surface area contributed by atoms with E-state index in [1.807, 2.05) is 48.5 Å². The Morgan fingerprint density at radius 2 is 1.88 bits per heavy atom. The summed E-state index contributed by atoms with van der Waals surface area (Å²) >= 11 is 0. The summed E-state index contributed by atoms with van der Waals surface area (Å²) in [7, 11) is 3.25. The molecule has 1 aliphatic rings. The average molecular weight is 349 g/mol. The number of benzene rings is 2. The summed E-state index contributed by atoms with van der Waals surface area (Å²) in [6, 6.07) is 15.6. The van der Waals surface area contributed by atoms with Gasteiger partial charge in [-0.15, -0.1) is 0 Å². The van der Waals surface area contributed by atoms with Gasteiger partial charge >= 0.3 is 0 Å². The molecule has 26 heavy (non-hydrogen) atoms. The molecule has 1 amide bonds. The third-order valence-corrected chi connectivity index (χ3v) is 4.67. The highest BCUT2D eigenvalue weighted by molar-refractivity contribution is 5.96. The van der Waals surface area contributed by atoms with E-state index in [9.17, 15) is 4.79 Å². The van der Waals surface area contributed by atoms with E-state index < -0.39 is 0 Å². The van der Waals surface area contributed by atoms with Crippen LogP contribution in [0.4, 0.5) is 5.82 Å². The molecule has 0 saturated carbocycles. The predicted octanol–water partition coefficient (Wildman–Crippen LogP) is 3.57. The summed E-state index contributed by atoms with van der Waals surface area (Å²) in [4.78, 5) is 12.3. The van der Waals surface area contributed by atoms with Crippen molar-refractivity contribution >= 4 is 11.7 Å². The second kappa shape index (κ2) is 6.55. The fraction of sp³-hybridized carbons (Fsp3) is 0.200. The number of aromatic nitrogens is 2. The van der Waals surface area contributed by atoms with Crippen LogP contribution in [0.5, 0.6) is 11.5 Å². The number of methoxy groups -OCH3 is 2. The molecule has 2 N–H and O–H groups in total. The van der Waals surface area contributed by atoms with E-state index in [1.54, 1.807) is 14.2 Å². The Bertz CT molecular complexity index is 950. The summed E-state index contributed by atoms with van der Waals surface area (Å²) < 4.78 is 10.9. The van der Waals surface area contributed by atoms with Crippen LogP contribution < -0.4 is 14.8 Å². The molecule has 3 aromatic rings. The topological polar surface area (TPSA) is 76.2 Å². The third kappa shape index (κ3) is 2.69. The zero-order valence-corrected chi connectivity index (χ0v) is 14.6. The third-order valence-electron chi connectivity index (χ3n) is 4.67. The lowest BCUT2D eigenvalue weighted by molar-refractivity contribution is -0.116. The Morgan fingerprint density at radius 1 is 1.08 bits per heavy atom. The van der Waals surface area contributed by atoms with Gasteiger partial charge in [0.2, 0.25) is 5.91 Å². The van der Waals surface area contributed by atoms with E-state index in [0.29, 0.717) is 12.2 Å². The number of nitrogens with zero attached hydrogens (tertiary/aromatic N) is 1. The first-order valence-corrected chi connectivity index (χ1v) is 8.36. The average Bonchev–Trinajstić information content (AvgIpc) is 3.11. The van der Waals surface area contributed by atoms with Crippen LogP contribution in [0, 0.1) is 0 Å². The van der Waals surface area contributed by atoms with Gasteiger partial charge in [-0.2, -0.15) is 5.10 Å². The van der Waals surface area contributed by atoms with Crippen molar-refractivity contribution in [2.24, 2.45) is 0 Å². The minimum Gasteiger partial charge on any atom is -0.497 e. The zero-order valence-electron chi connectivity index (χ0n) is 14.6. The van der Waals surface area contributed by atoms with Crippen molar-refractivity contribution in [3.8, 4) is 22.8 Å². The van der Waals surface area contributed by atoms with Gasteiger partial charge in [-0.05, 0) is 23.8 Å². The second-order valence-corrected chi connectivity index (χ2v) is 6.14. The van der Waals surface area contributed by atoms with Crippen LogP contribution in [0.25, 0.3) is 11.3 Å². The van der Waals surface area contributed by atoms with E-state index in [2.05, 4.69) is 15.5 Å². The number of rotatable bonds is 4. The van der Waals surface area contributed by atoms with Gasteiger partial charge in [0, 0.05) is 23.5 Å². The summed E-state index contributed by atoms with van der Waals surface area (Å²) in [6.07, 6.45) is 0.315. The summed E-state index contributed by atoms with van der Waals surface area (Å²) in [5, 5.41) is 10.3. The van der Waals surface area contributed by atoms with Crippen LogP contribution in [0.15, 0.2) is 48.5 Å². The number of ether oxygens (including phenoxy) is 2. The van der Waals surface area contributed by atoms with Gasteiger partial charge < -0.3 is 14.8 Å². The molecule has 0 saturated heterocycles. The molecule has 0 bridgehead atoms. The minimum atomic E-state index is -0.183. The number of carbonyl (C=O) groups is 1. The van der Waals surface area contributed by atoms with Crippen molar-refractivity contribution in [1.29, 1.82) is 0 Å². The second-order valence-electron chi connectivity index (χ2n) is 6.14. The minimum absolute atomic E-state index is 0.0708. The molecule has 1 atom stereocenters. The Morgan fingerprint density at radius 3 is 2.62 bits per heavy atom. The number of fused-ring (bicyclic) bond motifs is 1. The van der Waals surface area contributed by atoms with Crippen LogP contribution in [0.2, 0.25) is 0 Å². The normalized spacial score (nSPS) is 15.9. The molecule has 2 aromatic carbocycles. The lowest BCUT2D eigenvalue weighted by Crippen LogP contribution is -2.23. The van der Waals surface area contributed by atoms with E-state index in [-0.39, 0.29) is 11.8 Å². The number of hydrogen-bond donors (Lipinski definition) is 2. The summed E-state index contributed by atoms with van der Waals surface area (Å²) in [5.74, 6) is 1.75. The van der Waals surface area contributed by atoms with Crippen LogP contribution in [0.1, 0.15) is 23.5 Å². The molecule has 4 rings (SSSR count). The van der Waals surface area contributed by atoms with Gasteiger partial charge in [0.15, 0.2) is 5.82 Å². The fourth-order valence-corrected chi connectivity index (χ4v) is 3.46. The number of aromatic amines is 1. The maximum atomic E-state index is 12.3.